The van der Waals surface area contributed by atoms with Gasteiger partial charge in [-0.05, 0) is 6.92 Å². The Kier molecular flexibility index (Phi) is 3.40. The van der Waals surface area contributed by atoms with Crippen molar-refractivity contribution in [1.82, 2.24) is 4.90 Å². The van der Waals surface area contributed by atoms with Crippen LogP contribution >= 0.6 is 12.6 Å². The van der Waals surface area contributed by atoms with Crippen LogP contribution in [-0.2, 0) is 9.53 Å². The summed E-state index contributed by atoms with van der Waals surface area (Å²) < 4.78 is 4.80. The second-order valence-electron chi connectivity index (χ2n) is 2.39. The Morgan fingerprint density at radius 2 is 2.67 bits per heavy atom. The predicted molar refractivity (Wildman–Crippen MR) is 49.5 cm³/mol. The molecule has 1 heterocycles. The molecule has 0 saturated heterocycles. The fourth-order valence-electron chi connectivity index (χ4n) is 0.931. The van der Waals surface area contributed by atoms with Gasteiger partial charge in [-0.1, -0.05) is 0 Å². The van der Waals surface area contributed by atoms with E-state index in [9.17, 15) is 4.79 Å². The second kappa shape index (κ2) is 4.35. The molecule has 0 aliphatic carbocycles. The average Bonchev–Trinajstić information content (AvgIpc) is 2.55. The van der Waals surface area contributed by atoms with E-state index in [2.05, 4.69) is 17.6 Å². The maximum Gasteiger partial charge on any atom is 0.339 e. The van der Waals surface area contributed by atoms with Crippen LogP contribution in [0.5, 0.6) is 0 Å². The lowest BCUT2D eigenvalue weighted by atomic mass is 10.5. The number of thiol groups is 1. The fourth-order valence-corrected chi connectivity index (χ4v) is 1.18. The molecule has 0 radical (unpaired) electrons. The lowest BCUT2D eigenvalue weighted by Crippen LogP contribution is -2.36. The topological polar surface area (TPSA) is 41.9 Å². The molecule has 0 aromatic carbocycles. The molecule has 1 rings (SSSR count). The van der Waals surface area contributed by atoms with Crippen molar-refractivity contribution in [2.24, 2.45) is 4.99 Å². The summed E-state index contributed by atoms with van der Waals surface area (Å²) in [5.74, 6) is -0.311. The molecule has 0 aromatic heterocycles. The number of hydrogen-bond acceptors (Lipinski definition) is 5. The molecule has 5 heteroatoms. The first-order chi connectivity index (χ1) is 5.75. The third-order valence-corrected chi connectivity index (χ3v) is 2.04. The Hall–Kier alpha value is -0.710. The molecule has 68 valence electrons. The Labute approximate surface area is 77.0 Å². The first-order valence-corrected chi connectivity index (χ1v) is 4.37. The van der Waals surface area contributed by atoms with Crippen molar-refractivity contribution in [3.05, 3.63) is 0 Å². The molecule has 1 unspecified atom stereocenters. The van der Waals surface area contributed by atoms with E-state index in [0.717, 1.165) is 13.1 Å². The van der Waals surface area contributed by atoms with E-state index in [0.29, 0.717) is 6.61 Å². The summed E-state index contributed by atoms with van der Waals surface area (Å²) in [4.78, 5) is 16.9. The quantitative estimate of drug-likeness (QED) is 0.506. The van der Waals surface area contributed by atoms with E-state index in [-0.39, 0.29) is 5.97 Å². The summed E-state index contributed by atoms with van der Waals surface area (Å²) in [5.41, 5.74) is 0. The van der Waals surface area contributed by atoms with Crippen molar-refractivity contribution in [2.45, 2.75) is 12.3 Å². The summed E-state index contributed by atoms with van der Waals surface area (Å²) >= 11 is 4.11. The van der Waals surface area contributed by atoms with Crippen LogP contribution in [0.2, 0.25) is 0 Å². The summed E-state index contributed by atoms with van der Waals surface area (Å²) in [6.07, 6.45) is 1.63. The van der Waals surface area contributed by atoms with Crippen LogP contribution in [0.3, 0.4) is 0 Å². The van der Waals surface area contributed by atoms with Crippen molar-refractivity contribution >= 4 is 24.9 Å². The SMILES string of the molecule is CCOC(=O)C(S)N1C=NCC1. The van der Waals surface area contributed by atoms with Gasteiger partial charge in [0, 0.05) is 6.54 Å². The number of esters is 1. The monoisotopic (exact) mass is 188 g/mol. The fraction of sp³-hybridized carbons (Fsp3) is 0.714. The molecule has 4 nitrogen and oxygen atoms in total. The van der Waals surface area contributed by atoms with E-state index in [1.165, 1.54) is 0 Å². The number of rotatable bonds is 3. The van der Waals surface area contributed by atoms with Gasteiger partial charge in [-0.2, -0.15) is 0 Å². The van der Waals surface area contributed by atoms with E-state index < -0.39 is 5.37 Å². The van der Waals surface area contributed by atoms with Crippen molar-refractivity contribution in [3.63, 3.8) is 0 Å². The average molecular weight is 188 g/mol. The van der Waals surface area contributed by atoms with Crippen LogP contribution in [0.15, 0.2) is 4.99 Å². The highest BCUT2D eigenvalue weighted by Crippen LogP contribution is 2.07. The zero-order valence-corrected chi connectivity index (χ0v) is 7.83. The minimum Gasteiger partial charge on any atom is -0.464 e. The van der Waals surface area contributed by atoms with Gasteiger partial charge in [0.2, 0.25) is 0 Å². The number of ether oxygens (including phenoxy) is 1. The lowest BCUT2D eigenvalue weighted by Gasteiger charge is -2.19. The van der Waals surface area contributed by atoms with Gasteiger partial charge in [0.25, 0.3) is 0 Å². The predicted octanol–water partition coefficient (Wildman–Crippen LogP) is 0.149. The molecule has 0 N–H and O–H groups in total. The molecule has 1 aliphatic heterocycles. The molecule has 12 heavy (non-hydrogen) atoms. The number of nitrogens with zero attached hydrogens (tertiary/aromatic N) is 2. The molecule has 0 spiro atoms. The van der Waals surface area contributed by atoms with Crippen LogP contribution < -0.4 is 0 Å². The van der Waals surface area contributed by atoms with Crippen LogP contribution in [0.4, 0.5) is 0 Å². The zero-order valence-electron chi connectivity index (χ0n) is 6.93. The zero-order chi connectivity index (χ0) is 8.97. The second-order valence-corrected chi connectivity index (χ2v) is 2.87. The van der Waals surface area contributed by atoms with E-state index in [4.69, 9.17) is 4.74 Å². The molecule has 0 amide bonds. The lowest BCUT2D eigenvalue weighted by molar-refractivity contribution is -0.144. The van der Waals surface area contributed by atoms with Crippen LogP contribution in [0.25, 0.3) is 0 Å². The normalized spacial score (nSPS) is 18.0. The minimum atomic E-state index is -0.504. The van der Waals surface area contributed by atoms with Gasteiger partial charge >= 0.3 is 5.97 Å². The first kappa shape index (κ1) is 9.38. The Morgan fingerprint density at radius 1 is 1.92 bits per heavy atom. The van der Waals surface area contributed by atoms with Gasteiger partial charge < -0.3 is 9.64 Å². The van der Waals surface area contributed by atoms with E-state index in [1.54, 1.807) is 18.2 Å². The van der Waals surface area contributed by atoms with Gasteiger partial charge in [0.1, 0.15) is 0 Å². The van der Waals surface area contributed by atoms with Crippen molar-refractivity contribution < 1.29 is 9.53 Å². The van der Waals surface area contributed by atoms with Crippen molar-refractivity contribution in [2.75, 3.05) is 19.7 Å². The highest BCUT2D eigenvalue weighted by atomic mass is 32.1. The van der Waals surface area contributed by atoms with Crippen molar-refractivity contribution in [3.8, 4) is 0 Å². The summed E-state index contributed by atoms with van der Waals surface area (Å²) in [5, 5.41) is -0.504. The smallest absolute Gasteiger partial charge is 0.339 e. The Balaban J connectivity index is 2.40. The summed E-state index contributed by atoms with van der Waals surface area (Å²) in [7, 11) is 0. The molecule has 1 atom stereocenters. The number of carbonyl (C=O) groups excluding carboxylic acids is 1. The number of carbonyl (C=O) groups is 1. The number of hydrogen-bond donors (Lipinski definition) is 1. The van der Waals surface area contributed by atoms with Gasteiger partial charge in [0.15, 0.2) is 5.37 Å². The van der Waals surface area contributed by atoms with Crippen LogP contribution in [-0.4, -0.2) is 42.3 Å². The molecule has 1 aliphatic rings. The maximum absolute atomic E-state index is 11.1. The highest BCUT2D eigenvalue weighted by molar-refractivity contribution is 7.81. The number of aliphatic imine (C=N–C) groups is 1. The van der Waals surface area contributed by atoms with Crippen molar-refractivity contribution in [1.29, 1.82) is 0 Å². The molecule has 0 bridgehead atoms. The van der Waals surface area contributed by atoms with Gasteiger partial charge in [-0.3, -0.25) is 4.99 Å². The van der Waals surface area contributed by atoms with Crippen LogP contribution in [0, 0.1) is 0 Å². The largest absolute Gasteiger partial charge is 0.464 e. The van der Waals surface area contributed by atoms with Crippen LogP contribution in [0.1, 0.15) is 6.92 Å². The first-order valence-electron chi connectivity index (χ1n) is 3.86. The van der Waals surface area contributed by atoms with E-state index >= 15 is 0 Å². The molecular formula is C7H12N2O2S. The molecule has 0 aromatic rings. The van der Waals surface area contributed by atoms with Gasteiger partial charge in [0.05, 0.1) is 19.5 Å². The molecule has 0 saturated carbocycles. The minimum absolute atomic E-state index is 0.311. The highest BCUT2D eigenvalue weighted by Gasteiger charge is 2.22. The van der Waals surface area contributed by atoms with Gasteiger partial charge in [-0.25, -0.2) is 4.79 Å². The molecule has 0 fully saturated rings. The third kappa shape index (κ3) is 2.14. The Morgan fingerprint density at radius 3 is 3.17 bits per heavy atom. The summed E-state index contributed by atoms with van der Waals surface area (Å²) in [6.45, 7) is 3.64. The molecular weight excluding hydrogens is 176 g/mol. The third-order valence-electron chi connectivity index (χ3n) is 1.53. The van der Waals surface area contributed by atoms with Gasteiger partial charge in [-0.15, -0.1) is 12.6 Å². The summed E-state index contributed by atoms with van der Waals surface area (Å²) in [6, 6.07) is 0. The Bertz CT molecular complexity index is 196. The maximum atomic E-state index is 11.1. The van der Waals surface area contributed by atoms with E-state index in [1.807, 2.05) is 0 Å². The standard InChI is InChI=1S/C7H12N2O2S/c1-2-11-7(10)6(12)9-4-3-8-5-9/h5-6,12H,2-4H2,1H3.